The van der Waals surface area contributed by atoms with E-state index in [0.717, 1.165) is 50.2 Å². The van der Waals surface area contributed by atoms with Crippen molar-refractivity contribution in [3.8, 4) is 17.1 Å². The molecule has 45 heavy (non-hydrogen) atoms. The number of benzene rings is 7. The van der Waals surface area contributed by atoms with Crippen LogP contribution in [0, 0.1) is 0 Å². The summed E-state index contributed by atoms with van der Waals surface area (Å²) in [6, 6.07) is 57.3. The fourth-order valence-corrected chi connectivity index (χ4v) is 6.59. The smallest absolute Gasteiger partial charge is 0.227 e. The minimum Gasteiger partial charge on any atom is -0.436 e. The van der Waals surface area contributed by atoms with Crippen LogP contribution >= 0.6 is 0 Å². The summed E-state index contributed by atoms with van der Waals surface area (Å²) < 4.78 is 8.57. The summed E-state index contributed by atoms with van der Waals surface area (Å²) in [6.07, 6.45) is 0. The number of hydrogen-bond donors (Lipinski definition) is 0. The van der Waals surface area contributed by atoms with Gasteiger partial charge in [-0.2, -0.15) is 0 Å². The highest BCUT2D eigenvalue weighted by molar-refractivity contribution is 6.11. The lowest BCUT2D eigenvalue weighted by Gasteiger charge is -2.27. The predicted molar refractivity (Wildman–Crippen MR) is 186 cm³/mol. The van der Waals surface area contributed by atoms with Crippen LogP contribution in [0.4, 0.5) is 17.1 Å². The van der Waals surface area contributed by atoms with Crippen LogP contribution in [0.5, 0.6) is 0 Å². The third-order valence-electron chi connectivity index (χ3n) is 8.62. The maximum Gasteiger partial charge on any atom is 0.227 e. The van der Waals surface area contributed by atoms with E-state index in [2.05, 4.69) is 137 Å². The van der Waals surface area contributed by atoms with Gasteiger partial charge in [0.25, 0.3) is 0 Å². The molecule has 0 saturated heterocycles. The van der Waals surface area contributed by atoms with Crippen molar-refractivity contribution in [1.29, 1.82) is 0 Å². The molecule has 0 N–H and O–H groups in total. The molecule has 0 aliphatic heterocycles. The molecule has 0 fully saturated rings. The summed E-state index contributed by atoms with van der Waals surface area (Å²) in [5.74, 6) is 0.629. The normalized spacial score (nSPS) is 11.6. The summed E-state index contributed by atoms with van der Waals surface area (Å²) in [5, 5.41) is 4.67. The summed E-state index contributed by atoms with van der Waals surface area (Å²) >= 11 is 0. The van der Waals surface area contributed by atoms with Crippen molar-refractivity contribution in [2.75, 3.05) is 4.90 Å². The third kappa shape index (κ3) is 4.11. The van der Waals surface area contributed by atoms with Crippen LogP contribution in [0.3, 0.4) is 0 Å². The lowest BCUT2D eigenvalue weighted by molar-refractivity contribution is 0.620. The number of anilines is 3. The quantitative estimate of drug-likeness (QED) is 0.204. The monoisotopic (exact) mass is 577 g/mol. The zero-order valence-corrected chi connectivity index (χ0v) is 24.3. The summed E-state index contributed by atoms with van der Waals surface area (Å²) in [4.78, 5) is 7.28. The largest absolute Gasteiger partial charge is 0.436 e. The maximum absolute atomic E-state index is 6.21. The van der Waals surface area contributed by atoms with Gasteiger partial charge in [0, 0.05) is 44.2 Å². The zero-order valence-electron chi connectivity index (χ0n) is 24.3. The summed E-state index contributed by atoms with van der Waals surface area (Å²) in [5.41, 5.74) is 9.37. The number of oxazole rings is 1. The van der Waals surface area contributed by atoms with Crippen molar-refractivity contribution in [3.63, 3.8) is 0 Å². The van der Waals surface area contributed by atoms with Crippen molar-refractivity contribution >= 4 is 60.7 Å². The molecule has 212 valence electrons. The minimum absolute atomic E-state index is 0.629. The van der Waals surface area contributed by atoms with E-state index >= 15 is 0 Å². The first-order valence-electron chi connectivity index (χ1n) is 15.1. The van der Waals surface area contributed by atoms with Crippen LogP contribution in [0.15, 0.2) is 168 Å². The van der Waals surface area contributed by atoms with Gasteiger partial charge in [-0.05, 0) is 78.9 Å². The SMILES string of the molecule is c1ccc(-c2nc3c(ccc4c(N(c5ccccc5)c5ccc(-n6c7ccccc7c7ccccc76)cc5)cccc43)o2)cc1. The Balaban J connectivity index is 1.20. The van der Waals surface area contributed by atoms with Gasteiger partial charge in [-0.3, -0.25) is 0 Å². The highest BCUT2D eigenvalue weighted by Gasteiger charge is 2.19. The van der Waals surface area contributed by atoms with E-state index in [4.69, 9.17) is 9.40 Å². The van der Waals surface area contributed by atoms with Gasteiger partial charge in [0.05, 0.1) is 16.7 Å². The molecule has 0 atom stereocenters. The molecule has 0 bridgehead atoms. The van der Waals surface area contributed by atoms with Gasteiger partial charge >= 0.3 is 0 Å². The van der Waals surface area contributed by atoms with Crippen molar-refractivity contribution < 1.29 is 4.42 Å². The van der Waals surface area contributed by atoms with Crippen molar-refractivity contribution in [2.24, 2.45) is 0 Å². The van der Waals surface area contributed by atoms with Gasteiger partial charge in [-0.25, -0.2) is 4.98 Å². The van der Waals surface area contributed by atoms with Crippen LogP contribution in [-0.4, -0.2) is 9.55 Å². The molecular weight excluding hydrogens is 550 g/mol. The molecule has 4 heteroatoms. The van der Waals surface area contributed by atoms with Crippen molar-refractivity contribution in [1.82, 2.24) is 9.55 Å². The Labute approximate surface area is 260 Å². The first kappa shape index (κ1) is 25.4. The van der Waals surface area contributed by atoms with E-state index in [-0.39, 0.29) is 0 Å². The van der Waals surface area contributed by atoms with Crippen molar-refractivity contribution in [3.05, 3.63) is 164 Å². The average Bonchev–Trinajstić information content (AvgIpc) is 3.70. The van der Waals surface area contributed by atoms with E-state index in [0.29, 0.717) is 5.89 Å². The second-order valence-corrected chi connectivity index (χ2v) is 11.2. The number of para-hydroxylation sites is 3. The van der Waals surface area contributed by atoms with Gasteiger partial charge in [0.1, 0.15) is 5.52 Å². The fourth-order valence-electron chi connectivity index (χ4n) is 6.59. The number of fused-ring (bicyclic) bond motifs is 6. The standard InChI is InChI=1S/C41H27N3O/c1-3-12-28(13-4-1)41-42-40-35-18-11-21-36(34(35)26-27-39(40)45-41)43(29-14-5-2-6-15-29)30-22-24-31(25-23-30)44-37-19-9-7-16-32(37)33-17-8-10-20-38(33)44/h1-27H. The van der Waals surface area contributed by atoms with E-state index in [9.17, 15) is 0 Å². The zero-order chi connectivity index (χ0) is 29.7. The molecule has 2 heterocycles. The summed E-state index contributed by atoms with van der Waals surface area (Å²) in [6.45, 7) is 0. The van der Waals surface area contributed by atoms with Gasteiger partial charge in [-0.1, -0.05) is 84.9 Å². The number of nitrogens with zero attached hydrogens (tertiary/aromatic N) is 3. The Bertz CT molecular complexity index is 2420. The number of hydrogen-bond acceptors (Lipinski definition) is 3. The highest BCUT2D eigenvalue weighted by atomic mass is 16.3. The molecule has 9 rings (SSSR count). The fraction of sp³-hybridized carbons (Fsp3) is 0. The molecule has 4 nitrogen and oxygen atoms in total. The Morgan fingerprint density at radius 3 is 1.78 bits per heavy atom. The molecule has 0 aliphatic carbocycles. The second kappa shape index (κ2) is 10.2. The van der Waals surface area contributed by atoms with Crippen LogP contribution < -0.4 is 4.90 Å². The minimum atomic E-state index is 0.629. The van der Waals surface area contributed by atoms with Gasteiger partial charge in [-0.15, -0.1) is 0 Å². The maximum atomic E-state index is 6.21. The topological polar surface area (TPSA) is 34.2 Å². The third-order valence-corrected chi connectivity index (χ3v) is 8.62. The van der Waals surface area contributed by atoms with E-state index in [1.165, 1.54) is 21.8 Å². The predicted octanol–water partition coefficient (Wildman–Crippen LogP) is 11.2. The lowest BCUT2D eigenvalue weighted by atomic mass is 10.0. The molecule has 7 aromatic carbocycles. The van der Waals surface area contributed by atoms with Crippen LogP contribution in [0.25, 0.3) is 60.8 Å². The highest BCUT2D eigenvalue weighted by Crippen LogP contribution is 2.41. The number of aromatic nitrogens is 2. The molecular formula is C41H27N3O. The van der Waals surface area contributed by atoms with E-state index < -0.39 is 0 Å². The molecule has 0 unspecified atom stereocenters. The van der Waals surface area contributed by atoms with Gasteiger partial charge in [0.2, 0.25) is 5.89 Å². The first-order chi connectivity index (χ1) is 22.3. The average molecular weight is 578 g/mol. The lowest BCUT2D eigenvalue weighted by Crippen LogP contribution is -2.10. The Morgan fingerprint density at radius 1 is 0.467 bits per heavy atom. The second-order valence-electron chi connectivity index (χ2n) is 11.2. The molecule has 0 aliphatic rings. The van der Waals surface area contributed by atoms with Crippen LogP contribution in [0.2, 0.25) is 0 Å². The molecule has 0 radical (unpaired) electrons. The Kier molecular flexibility index (Phi) is 5.78. The van der Waals surface area contributed by atoms with E-state index in [1.807, 2.05) is 36.4 Å². The molecule has 9 aromatic rings. The van der Waals surface area contributed by atoms with Crippen LogP contribution in [-0.2, 0) is 0 Å². The molecule has 0 saturated carbocycles. The Morgan fingerprint density at radius 2 is 1.07 bits per heavy atom. The van der Waals surface area contributed by atoms with Gasteiger partial charge < -0.3 is 13.9 Å². The Hall–Kier alpha value is -6.13. The molecule has 0 amide bonds. The summed E-state index contributed by atoms with van der Waals surface area (Å²) in [7, 11) is 0. The number of rotatable bonds is 5. The van der Waals surface area contributed by atoms with Gasteiger partial charge in [0.15, 0.2) is 5.58 Å². The van der Waals surface area contributed by atoms with Crippen LogP contribution in [0.1, 0.15) is 0 Å². The molecule has 2 aromatic heterocycles. The van der Waals surface area contributed by atoms with Crippen molar-refractivity contribution in [2.45, 2.75) is 0 Å². The van der Waals surface area contributed by atoms with E-state index in [1.54, 1.807) is 0 Å². The first-order valence-corrected chi connectivity index (χ1v) is 15.1. The molecule has 0 spiro atoms.